The van der Waals surface area contributed by atoms with E-state index in [0.717, 1.165) is 18.1 Å². The molecule has 1 aromatic carbocycles. The van der Waals surface area contributed by atoms with E-state index in [1.54, 1.807) is 0 Å². The third-order valence-electron chi connectivity index (χ3n) is 1.65. The normalized spacial score (nSPS) is 10.9. The third-order valence-corrected chi connectivity index (χ3v) is 8.27. The highest BCUT2D eigenvalue weighted by molar-refractivity contribution is 8.86. The van der Waals surface area contributed by atoms with Gasteiger partial charge in [0.25, 0.3) is 0 Å². The number of hydrogen-bond acceptors (Lipinski definition) is 3. The van der Waals surface area contributed by atoms with E-state index in [1.807, 2.05) is 28.8 Å². The molecule has 0 saturated heterocycles. The fourth-order valence-corrected chi connectivity index (χ4v) is 6.74. The Kier molecular flexibility index (Phi) is 7.54. The van der Waals surface area contributed by atoms with Crippen LogP contribution in [0.3, 0.4) is 0 Å². The van der Waals surface area contributed by atoms with E-state index in [4.69, 9.17) is 4.52 Å². The van der Waals surface area contributed by atoms with Crippen molar-refractivity contribution in [3.05, 3.63) is 35.9 Å². The van der Waals surface area contributed by atoms with Gasteiger partial charge in [-0.2, -0.15) is 0 Å². The van der Waals surface area contributed by atoms with Gasteiger partial charge in [-0.1, -0.05) is 66.9 Å². The topological polar surface area (TPSA) is 9.23 Å². The summed E-state index contributed by atoms with van der Waals surface area (Å²) in [5.74, 6) is 2.26. The molecule has 0 spiro atoms. The Morgan fingerprint density at radius 1 is 1.07 bits per heavy atom. The van der Waals surface area contributed by atoms with Crippen molar-refractivity contribution in [1.82, 2.24) is 0 Å². The van der Waals surface area contributed by atoms with Crippen molar-refractivity contribution < 1.29 is 4.52 Å². The lowest BCUT2D eigenvalue weighted by molar-refractivity contribution is 0.357. The van der Waals surface area contributed by atoms with Gasteiger partial charge in [0.1, 0.15) is 0 Å². The van der Waals surface area contributed by atoms with E-state index in [2.05, 4.69) is 38.1 Å². The summed E-state index contributed by atoms with van der Waals surface area (Å²) in [5, 5.41) is 0. The molecule has 0 amide bonds. The SMILES string of the molecule is CCSP(OCc1ccccc1)SCC. The molecule has 0 bridgehead atoms. The van der Waals surface area contributed by atoms with Crippen LogP contribution >= 0.6 is 29.3 Å². The van der Waals surface area contributed by atoms with Gasteiger partial charge in [-0.3, -0.25) is 0 Å². The van der Waals surface area contributed by atoms with Crippen molar-refractivity contribution in [3.63, 3.8) is 0 Å². The maximum atomic E-state index is 5.90. The molecule has 1 nitrogen and oxygen atoms in total. The van der Waals surface area contributed by atoms with Crippen molar-refractivity contribution in [2.24, 2.45) is 0 Å². The minimum Gasteiger partial charge on any atom is -0.334 e. The van der Waals surface area contributed by atoms with Crippen molar-refractivity contribution in [1.29, 1.82) is 0 Å². The molecule has 0 aliphatic heterocycles. The Hall–Kier alpha value is 0.310. The number of hydrogen-bond donors (Lipinski definition) is 0. The van der Waals surface area contributed by atoms with Gasteiger partial charge in [0.15, 0.2) is 6.55 Å². The molecule has 4 heteroatoms. The predicted octanol–water partition coefficient (Wildman–Crippen LogP) is 4.94. The summed E-state index contributed by atoms with van der Waals surface area (Å²) in [6, 6.07) is 10.4. The Balaban J connectivity index is 2.33. The average molecular weight is 260 g/mol. The molecule has 0 unspecified atom stereocenters. The molecule has 0 atom stereocenters. The van der Waals surface area contributed by atoms with E-state index >= 15 is 0 Å². The molecule has 1 aromatic rings. The first-order chi connectivity index (χ1) is 7.36. The molecule has 0 aliphatic carbocycles. The maximum absolute atomic E-state index is 5.90. The van der Waals surface area contributed by atoms with Crippen molar-refractivity contribution in [3.8, 4) is 0 Å². The second-order valence-corrected chi connectivity index (χ2v) is 9.43. The van der Waals surface area contributed by atoms with E-state index < -0.39 is 0 Å². The van der Waals surface area contributed by atoms with Crippen LogP contribution in [0.4, 0.5) is 0 Å². The van der Waals surface area contributed by atoms with Crippen LogP contribution in [0.1, 0.15) is 19.4 Å². The molecular formula is C11H17OPS2. The van der Waals surface area contributed by atoms with Crippen molar-refractivity contribution >= 4 is 29.3 Å². The standard InChI is InChI=1S/C11H17OPS2/c1-3-14-13(15-4-2)12-10-11-8-6-5-7-9-11/h5-9H,3-4,10H2,1-2H3. The molecule has 0 saturated carbocycles. The van der Waals surface area contributed by atoms with Crippen LogP contribution in [0, 0.1) is 0 Å². The molecular weight excluding hydrogens is 243 g/mol. The Bertz CT molecular complexity index is 250. The molecule has 0 radical (unpaired) electrons. The van der Waals surface area contributed by atoms with E-state index in [9.17, 15) is 0 Å². The summed E-state index contributed by atoms with van der Waals surface area (Å²) in [7, 11) is 0. The monoisotopic (exact) mass is 260 g/mol. The Labute approximate surface area is 102 Å². The van der Waals surface area contributed by atoms with Crippen LogP contribution in [0.15, 0.2) is 30.3 Å². The summed E-state index contributed by atoms with van der Waals surface area (Å²) in [5.41, 5.74) is 1.26. The molecule has 0 fully saturated rings. The average Bonchev–Trinajstić information content (AvgIpc) is 2.28. The van der Waals surface area contributed by atoms with Crippen molar-refractivity contribution in [2.75, 3.05) is 11.5 Å². The van der Waals surface area contributed by atoms with E-state index in [0.29, 0.717) is 0 Å². The van der Waals surface area contributed by atoms with Gasteiger partial charge in [-0.25, -0.2) is 0 Å². The highest BCUT2D eigenvalue weighted by atomic mass is 33.1. The van der Waals surface area contributed by atoms with Gasteiger partial charge in [0.2, 0.25) is 0 Å². The minimum absolute atomic E-state index is 0.351. The van der Waals surface area contributed by atoms with Gasteiger partial charge in [0, 0.05) is 0 Å². The summed E-state index contributed by atoms with van der Waals surface area (Å²) in [6.07, 6.45) is 0. The zero-order chi connectivity index (χ0) is 10.9. The lowest BCUT2D eigenvalue weighted by Crippen LogP contribution is -1.85. The predicted molar refractivity (Wildman–Crippen MR) is 74.4 cm³/mol. The van der Waals surface area contributed by atoms with Crippen LogP contribution in [0.5, 0.6) is 0 Å². The van der Waals surface area contributed by atoms with Gasteiger partial charge in [-0.05, 0) is 17.1 Å². The molecule has 0 N–H and O–H groups in total. The maximum Gasteiger partial charge on any atom is 0.152 e. The molecule has 15 heavy (non-hydrogen) atoms. The van der Waals surface area contributed by atoms with Crippen LogP contribution in [-0.2, 0) is 11.1 Å². The quantitative estimate of drug-likeness (QED) is 0.643. The first-order valence-corrected chi connectivity index (χ1v) is 9.53. The van der Waals surface area contributed by atoms with Crippen LogP contribution in [-0.4, -0.2) is 11.5 Å². The molecule has 0 heterocycles. The van der Waals surface area contributed by atoms with Crippen LogP contribution in [0.25, 0.3) is 0 Å². The largest absolute Gasteiger partial charge is 0.334 e. The highest BCUT2D eigenvalue weighted by Gasteiger charge is 2.08. The van der Waals surface area contributed by atoms with Gasteiger partial charge in [-0.15, -0.1) is 0 Å². The minimum atomic E-state index is -0.351. The summed E-state index contributed by atoms with van der Waals surface area (Å²) < 4.78 is 5.90. The molecule has 0 aromatic heterocycles. The van der Waals surface area contributed by atoms with Gasteiger partial charge in [0.05, 0.1) is 6.61 Å². The Morgan fingerprint density at radius 3 is 2.20 bits per heavy atom. The zero-order valence-electron chi connectivity index (χ0n) is 9.18. The molecule has 84 valence electrons. The van der Waals surface area contributed by atoms with E-state index in [1.165, 1.54) is 5.56 Å². The smallest absolute Gasteiger partial charge is 0.152 e. The molecule has 1 rings (SSSR count). The molecule has 0 aliphatic rings. The first kappa shape index (κ1) is 13.4. The summed E-state index contributed by atoms with van der Waals surface area (Å²) >= 11 is 3.85. The first-order valence-electron chi connectivity index (χ1n) is 5.09. The lowest BCUT2D eigenvalue weighted by atomic mass is 10.2. The van der Waals surface area contributed by atoms with Crippen molar-refractivity contribution in [2.45, 2.75) is 20.5 Å². The second kappa shape index (κ2) is 8.46. The highest BCUT2D eigenvalue weighted by Crippen LogP contribution is 2.61. The second-order valence-electron chi connectivity index (χ2n) is 2.82. The van der Waals surface area contributed by atoms with Crippen LogP contribution in [0.2, 0.25) is 0 Å². The lowest BCUT2D eigenvalue weighted by Gasteiger charge is -2.14. The summed E-state index contributed by atoms with van der Waals surface area (Å²) in [4.78, 5) is 0. The van der Waals surface area contributed by atoms with Gasteiger partial charge < -0.3 is 4.52 Å². The summed E-state index contributed by atoms with van der Waals surface area (Å²) in [6.45, 7) is 4.76. The van der Waals surface area contributed by atoms with E-state index in [-0.39, 0.29) is 6.55 Å². The number of rotatable bonds is 7. The Morgan fingerprint density at radius 2 is 1.67 bits per heavy atom. The zero-order valence-corrected chi connectivity index (χ0v) is 11.7. The fraction of sp³-hybridized carbons (Fsp3) is 0.455. The number of benzene rings is 1. The fourth-order valence-electron chi connectivity index (χ4n) is 1.02. The van der Waals surface area contributed by atoms with Crippen LogP contribution < -0.4 is 0 Å². The van der Waals surface area contributed by atoms with Gasteiger partial charge >= 0.3 is 0 Å². The third kappa shape index (κ3) is 5.82.